The lowest BCUT2D eigenvalue weighted by Gasteiger charge is -2.19. The molecule has 0 aromatic heterocycles. The van der Waals surface area contributed by atoms with Crippen molar-refractivity contribution in [3.05, 3.63) is 38.4 Å². The van der Waals surface area contributed by atoms with E-state index in [4.69, 9.17) is 4.74 Å². The second kappa shape index (κ2) is 5.17. The summed E-state index contributed by atoms with van der Waals surface area (Å²) >= 11 is 1.40. The molecule has 0 aliphatic heterocycles. The predicted octanol–water partition coefficient (Wildman–Crippen LogP) is 2.79. The van der Waals surface area contributed by atoms with Crippen LogP contribution in [0, 0.1) is 43.9 Å². The van der Waals surface area contributed by atoms with Gasteiger partial charge < -0.3 is 4.74 Å². The number of esters is 1. The highest BCUT2D eigenvalue weighted by Gasteiger charge is 2.75. The maximum absolute atomic E-state index is 11.3. The molecule has 4 aliphatic carbocycles. The second-order valence-corrected chi connectivity index (χ2v) is 7.76. The zero-order valence-electron chi connectivity index (χ0n) is 12.7. The summed E-state index contributed by atoms with van der Waals surface area (Å²) in [4.78, 5) is 32.6. The van der Waals surface area contributed by atoms with Crippen molar-refractivity contribution in [3.63, 3.8) is 0 Å². The maximum atomic E-state index is 11.3. The summed E-state index contributed by atoms with van der Waals surface area (Å²) in [6.07, 6.45) is 0.915. The molecule has 4 saturated carbocycles. The third kappa shape index (κ3) is 2.18. The van der Waals surface area contributed by atoms with E-state index >= 15 is 0 Å². The van der Waals surface area contributed by atoms with Crippen molar-refractivity contribution in [3.8, 4) is 0 Å². The first-order valence-corrected chi connectivity index (χ1v) is 8.53. The van der Waals surface area contributed by atoms with Gasteiger partial charge in [-0.2, -0.15) is 0 Å². The van der Waals surface area contributed by atoms with E-state index in [1.54, 1.807) is 0 Å². The van der Waals surface area contributed by atoms with E-state index in [0.717, 1.165) is 12.5 Å². The molecule has 1 aromatic rings. The van der Waals surface area contributed by atoms with Crippen LogP contribution in [-0.2, 0) is 9.53 Å². The van der Waals surface area contributed by atoms with Crippen molar-refractivity contribution in [2.24, 2.45) is 23.7 Å². The van der Waals surface area contributed by atoms with Gasteiger partial charge in [0.25, 0.3) is 11.4 Å². The molecule has 5 rings (SSSR count). The lowest BCUT2D eigenvalue weighted by Crippen LogP contribution is -2.23. The Balaban J connectivity index is 1.58. The number of non-ortho nitro benzene ring substituents is 1. The molecule has 6 atom stereocenters. The van der Waals surface area contributed by atoms with E-state index in [9.17, 15) is 25.0 Å². The average molecular weight is 350 g/mol. The van der Waals surface area contributed by atoms with Crippen LogP contribution in [0.4, 0.5) is 11.4 Å². The minimum absolute atomic E-state index is 0.0768. The van der Waals surface area contributed by atoms with Crippen LogP contribution in [0.25, 0.3) is 0 Å². The van der Waals surface area contributed by atoms with Crippen LogP contribution in [-0.4, -0.2) is 27.2 Å². The van der Waals surface area contributed by atoms with E-state index in [0.29, 0.717) is 22.6 Å². The normalized spacial score (nSPS) is 34.9. The van der Waals surface area contributed by atoms with Gasteiger partial charge in [0.05, 0.1) is 20.8 Å². The molecule has 0 heterocycles. The van der Waals surface area contributed by atoms with Gasteiger partial charge in [-0.15, -0.1) is 11.8 Å². The fourth-order valence-electron chi connectivity index (χ4n) is 4.54. The largest absolute Gasteiger partial charge is 0.462 e. The Kier molecular flexibility index (Phi) is 3.31. The number of carbonyl (C=O) groups excluding carboxylic acids is 1. The number of benzene rings is 1. The summed E-state index contributed by atoms with van der Waals surface area (Å²) in [7, 11) is 0. The van der Waals surface area contributed by atoms with Gasteiger partial charge in [-0.3, -0.25) is 25.0 Å². The molecule has 126 valence electrons. The fraction of sp³-hybridized carbons (Fsp3) is 0.533. The van der Waals surface area contributed by atoms with E-state index in [1.165, 1.54) is 30.8 Å². The van der Waals surface area contributed by atoms with Crippen LogP contribution in [0.2, 0.25) is 0 Å². The molecule has 8 nitrogen and oxygen atoms in total. The van der Waals surface area contributed by atoms with Gasteiger partial charge in [-0.05, 0) is 24.3 Å². The van der Waals surface area contributed by atoms with Gasteiger partial charge >= 0.3 is 5.97 Å². The lowest BCUT2D eigenvalue weighted by molar-refractivity contribution is -0.396. The van der Waals surface area contributed by atoms with Crippen molar-refractivity contribution < 1.29 is 19.4 Å². The number of thioether (sulfide) groups is 1. The van der Waals surface area contributed by atoms with Crippen molar-refractivity contribution in [1.82, 2.24) is 0 Å². The molecule has 0 N–H and O–H groups in total. The van der Waals surface area contributed by atoms with E-state index in [2.05, 4.69) is 0 Å². The van der Waals surface area contributed by atoms with Gasteiger partial charge in [-0.1, -0.05) is 0 Å². The van der Waals surface area contributed by atoms with Crippen LogP contribution in [0.5, 0.6) is 0 Å². The molecule has 9 heteroatoms. The minimum Gasteiger partial charge on any atom is -0.462 e. The molecule has 24 heavy (non-hydrogen) atoms. The van der Waals surface area contributed by atoms with Crippen molar-refractivity contribution in [2.75, 3.05) is 0 Å². The summed E-state index contributed by atoms with van der Waals surface area (Å²) in [6.45, 7) is 1.40. The Hall–Kier alpha value is -2.16. The summed E-state index contributed by atoms with van der Waals surface area (Å²) in [5, 5.41) is 22.3. The molecule has 0 radical (unpaired) electrons. The number of hydrogen-bond donors (Lipinski definition) is 0. The first-order valence-electron chi connectivity index (χ1n) is 7.65. The molecule has 4 fully saturated rings. The highest BCUT2D eigenvalue weighted by Crippen LogP contribution is 2.74. The monoisotopic (exact) mass is 350 g/mol. The van der Waals surface area contributed by atoms with Crippen molar-refractivity contribution in [2.45, 2.75) is 29.6 Å². The zero-order chi connectivity index (χ0) is 17.2. The highest BCUT2D eigenvalue weighted by molar-refractivity contribution is 8.00. The predicted molar refractivity (Wildman–Crippen MR) is 83.5 cm³/mol. The Morgan fingerprint density at radius 1 is 1.21 bits per heavy atom. The summed E-state index contributed by atoms with van der Waals surface area (Å²) in [6, 6.07) is 3.76. The number of ether oxygens (including phenoxy) is 1. The summed E-state index contributed by atoms with van der Waals surface area (Å²) < 4.78 is 5.44. The van der Waals surface area contributed by atoms with Crippen LogP contribution in [0.3, 0.4) is 0 Å². The third-order valence-corrected chi connectivity index (χ3v) is 6.89. The molecule has 2 unspecified atom stereocenters. The summed E-state index contributed by atoms with van der Waals surface area (Å²) in [5.41, 5.74) is -0.525. The molecule has 0 saturated heterocycles. The molecule has 0 spiro atoms. The van der Waals surface area contributed by atoms with Gasteiger partial charge in [0, 0.05) is 30.1 Å². The average Bonchev–Trinajstić information content (AvgIpc) is 2.77. The molecule has 4 bridgehead atoms. The van der Waals surface area contributed by atoms with Gasteiger partial charge in [0.15, 0.2) is 0 Å². The van der Waals surface area contributed by atoms with E-state index in [-0.39, 0.29) is 34.6 Å². The quantitative estimate of drug-likeness (QED) is 0.456. The Labute approximate surface area is 140 Å². The SMILES string of the molecule is CC(=O)O[C@H]1C2C3[C@@H]2C[C@@H]1[C@@H]3Sc1ccc([N+](=O)[O-])cc1[N+](=O)[O-]. The summed E-state index contributed by atoms with van der Waals surface area (Å²) in [5.74, 6) is 1.29. The number of nitro groups is 2. The number of hydrogen-bond acceptors (Lipinski definition) is 7. The third-order valence-electron chi connectivity index (χ3n) is 5.35. The van der Waals surface area contributed by atoms with Crippen LogP contribution in [0.1, 0.15) is 13.3 Å². The standard InChI is InChI=1S/C15H14N2O6S/c1-6(18)23-14-9-5-8-12(14)13(8)15(9)24-11-3-2-7(16(19)20)4-10(11)17(21)22/h2-4,8-9,12-15H,5H2,1H3/t8-,9+,12?,13?,14-,15+/m1/s1. The van der Waals surface area contributed by atoms with E-state index < -0.39 is 9.85 Å². The molecule has 0 amide bonds. The number of nitrogens with zero attached hydrogens (tertiary/aromatic N) is 2. The van der Waals surface area contributed by atoms with Crippen LogP contribution < -0.4 is 0 Å². The highest BCUT2D eigenvalue weighted by atomic mass is 32.2. The van der Waals surface area contributed by atoms with Gasteiger partial charge in [-0.25, -0.2) is 0 Å². The first-order chi connectivity index (χ1) is 11.4. The lowest BCUT2D eigenvalue weighted by atomic mass is 10.1. The molecular weight excluding hydrogens is 336 g/mol. The molecule has 4 aliphatic rings. The zero-order valence-corrected chi connectivity index (χ0v) is 13.5. The Bertz CT molecular complexity index is 768. The van der Waals surface area contributed by atoms with E-state index in [1.807, 2.05) is 0 Å². The maximum Gasteiger partial charge on any atom is 0.302 e. The fourth-order valence-corrected chi connectivity index (χ4v) is 6.22. The van der Waals surface area contributed by atoms with Gasteiger partial charge in [0.2, 0.25) is 0 Å². The Morgan fingerprint density at radius 3 is 2.54 bits per heavy atom. The smallest absolute Gasteiger partial charge is 0.302 e. The second-order valence-electron chi connectivity index (χ2n) is 6.54. The number of nitro benzene ring substituents is 2. The topological polar surface area (TPSA) is 113 Å². The molecule has 1 aromatic carbocycles. The van der Waals surface area contributed by atoms with Gasteiger partial charge in [0.1, 0.15) is 6.10 Å². The Morgan fingerprint density at radius 2 is 1.96 bits per heavy atom. The van der Waals surface area contributed by atoms with Crippen LogP contribution in [0.15, 0.2) is 23.1 Å². The first kappa shape index (κ1) is 15.4. The number of carbonyl (C=O) groups is 1. The minimum atomic E-state index is -0.637. The number of rotatable bonds is 5. The molecular formula is C15H14N2O6S. The van der Waals surface area contributed by atoms with Crippen molar-refractivity contribution >= 4 is 29.1 Å². The van der Waals surface area contributed by atoms with Crippen molar-refractivity contribution in [1.29, 1.82) is 0 Å². The van der Waals surface area contributed by atoms with Crippen LogP contribution >= 0.6 is 11.8 Å².